The summed E-state index contributed by atoms with van der Waals surface area (Å²) in [5.41, 5.74) is 7.13. The lowest BCUT2D eigenvalue weighted by molar-refractivity contribution is -0.119. The standard InChI is InChI=1S/C26H23ClN4O5/c1-30(14-16-6-2-5-9-24(16)36-15-25(28)34)26(35)18-12-17(22(32)13-23(18)33)20-10-11-29-31(20)21-8-4-3-7-19(21)27/h2-13,32-33H,14-15H2,1H3,(H2,28,34). The molecule has 0 radical (unpaired) electrons. The second kappa shape index (κ2) is 10.4. The van der Waals surface area contributed by atoms with Crippen LogP contribution in [-0.2, 0) is 11.3 Å². The maximum absolute atomic E-state index is 13.3. The van der Waals surface area contributed by atoms with Crippen molar-refractivity contribution in [2.75, 3.05) is 13.7 Å². The molecule has 3 aromatic carbocycles. The summed E-state index contributed by atoms with van der Waals surface area (Å²) in [6.07, 6.45) is 1.54. The molecule has 184 valence electrons. The highest BCUT2D eigenvalue weighted by molar-refractivity contribution is 6.32. The number of aromatic nitrogens is 2. The molecule has 0 saturated carbocycles. The van der Waals surface area contributed by atoms with E-state index >= 15 is 0 Å². The lowest BCUT2D eigenvalue weighted by Gasteiger charge is -2.20. The summed E-state index contributed by atoms with van der Waals surface area (Å²) in [6, 6.07) is 18.2. The minimum absolute atomic E-state index is 0.0206. The molecule has 0 atom stereocenters. The molecule has 9 nitrogen and oxygen atoms in total. The Kier molecular flexibility index (Phi) is 7.12. The molecule has 4 aromatic rings. The number of hydrogen-bond donors (Lipinski definition) is 3. The molecule has 0 aliphatic heterocycles. The first kappa shape index (κ1) is 24.6. The van der Waals surface area contributed by atoms with Gasteiger partial charge in [-0.25, -0.2) is 4.68 Å². The van der Waals surface area contributed by atoms with Gasteiger partial charge < -0.3 is 25.6 Å². The molecule has 0 saturated heterocycles. The quantitative estimate of drug-likeness (QED) is 0.333. The number of rotatable bonds is 8. The summed E-state index contributed by atoms with van der Waals surface area (Å²) >= 11 is 6.33. The van der Waals surface area contributed by atoms with Gasteiger partial charge in [0.15, 0.2) is 6.61 Å². The molecule has 0 bridgehead atoms. The van der Waals surface area contributed by atoms with Gasteiger partial charge in [0.05, 0.1) is 28.2 Å². The van der Waals surface area contributed by atoms with Crippen LogP contribution >= 0.6 is 11.6 Å². The second-order valence-electron chi connectivity index (χ2n) is 7.99. The number of aromatic hydroxyl groups is 2. The van der Waals surface area contributed by atoms with Crippen molar-refractivity contribution >= 4 is 23.4 Å². The van der Waals surface area contributed by atoms with Crippen molar-refractivity contribution in [2.24, 2.45) is 5.73 Å². The van der Waals surface area contributed by atoms with E-state index < -0.39 is 11.8 Å². The summed E-state index contributed by atoms with van der Waals surface area (Å²) in [4.78, 5) is 25.8. The largest absolute Gasteiger partial charge is 0.507 e. The van der Waals surface area contributed by atoms with E-state index in [0.29, 0.717) is 27.7 Å². The molecule has 0 unspecified atom stereocenters. The zero-order valence-electron chi connectivity index (χ0n) is 19.3. The molecule has 36 heavy (non-hydrogen) atoms. The number of nitrogens with zero attached hydrogens (tertiary/aromatic N) is 3. The van der Waals surface area contributed by atoms with Gasteiger partial charge in [-0.05, 0) is 30.3 Å². The molecule has 10 heteroatoms. The number of phenols is 2. The Morgan fingerprint density at radius 2 is 1.78 bits per heavy atom. The lowest BCUT2D eigenvalue weighted by Crippen LogP contribution is -2.27. The fraction of sp³-hybridized carbons (Fsp3) is 0.115. The van der Waals surface area contributed by atoms with Crippen LogP contribution < -0.4 is 10.5 Å². The fourth-order valence-electron chi connectivity index (χ4n) is 3.73. The van der Waals surface area contributed by atoms with Gasteiger partial charge in [-0.1, -0.05) is 41.9 Å². The second-order valence-corrected chi connectivity index (χ2v) is 8.40. The maximum Gasteiger partial charge on any atom is 0.257 e. The Bertz CT molecular complexity index is 1440. The highest BCUT2D eigenvalue weighted by Gasteiger charge is 2.22. The van der Waals surface area contributed by atoms with Crippen LogP contribution in [0.4, 0.5) is 0 Å². The van der Waals surface area contributed by atoms with Gasteiger partial charge >= 0.3 is 0 Å². The molecule has 0 aliphatic rings. The summed E-state index contributed by atoms with van der Waals surface area (Å²) in [5.74, 6) is -1.31. The minimum Gasteiger partial charge on any atom is -0.507 e. The van der Waals surface area contributed by atoms with E-state index in [1.807, 2.05) is 0 Å². The Balaban J connectivity index is 1.66. The van der Waals surface area contributed by atoms with Crippen molar-refractivity contribution < 1.29 is 24.5 Å². The number of carbonyl (C=O) groups excluding carboxylic acids is 2. The first-order valence-electron chi connectivity index (χ1n) is 10.9. The van der Waals surface area contributed by atoms with Crippen molar-refractivity contribution in [3.8, 4) is 34.2 Å². The van der Waals surface area contributed by atoms with Gasteiger partial charge in [0, 0.05) is 30.8 Å². The van der Waals surface area contributed by atoms with Gasteiger partial charge in [0.25, 0.3) is 11.8 Å². The fourth-order valence-corrected chi connectivity index (χ4v) is 3.95. The molecule has 4 N–H and O–H groups in total. The SMILES string of the molecule is CN(Cc1ccccc1OCC(N)=O)C(=O)c1cc(-c2ccnn2-c2ccccc2Cl)c(O)cc1O. The Morgan fingerprint density at radius 3 is 2.53 bits per heavy atom. The highest BCUT2D eigenvalue weighted by atomic mass is 35.5. The van der Waals surface area contributed by atoms with Crippen LogP contribution in [-0.4, -0.2) is 50.4 Å². The van der Waals surface area contributed by atoms with Gasteiger partial charge in [-0.15, -0.1) is 0 Å². The summed E-state index contributed by atoms with van der Waals surface area (Å²) in [6.45, 7) is -0.170. The van der Waals surface area contributed by atoms with Crippen LogP contribution in [0.15, 0.2) is 72.9 Å². The summed E-state index contributed by atoms with van der Waals surface area (Å²) in [5, 5.41) is 25.9. The van der Waals surface area contributed by atoms with Gasteiger partial charge in [0.1, 0.15) is 17.2 Å². The number of benzene rings is 3. The summed E-state index contributed by atoms with van der Waals surface area (Å²) < 4.78 is 6.98. The van der Waals surface area contributed by atoms with E-state index in [1.54, 1.807) is 72.5 Å². The zero-order valence-corrected chi connectivity index (χ0v) is 20.0. The monoisotopic (exact) mass is 506 g/mol. The van der Waals surface area contributed by atoms with E-state index in [2.05, 4.69) is 5.10 Å². The number of amides is 2. The predicted octanol–water partition coefficient (Wildman–Crippen LogP) is 3.74. The smallest absolute Gasteiger partial charge is 0.257 e. The molecule has 0 fully saturated rings. The van der Waals surface area contributed by atoms with Crippen LogP contribution in [0.3, 0.4) is 0 Å². The molecular formula is C26H23ClN4O5. The normalized spacial score (nSPS) is 10.7. The van der Waals surface area contributed by atoms with Gasteiger partial charge in [-0.3, -0.25) is 9.59 Å². The van der Waals surface area contributed by atoms with E-state index in [9.17, 15) is 19.8 Å². The third-order valence-electron chi connectivity index (χ3n) is 5.44. The summed E-state index contributed by atoms with van der Waals surface area (Å²) in [7, 11) is 1.56. The molecule has 0 spiro atoms. The van der Waals surface area contributed by atoms with E-state index in [1.165, 1.54) is 11.0 Å². The van der Waals surface area contributed by atoms with E-state index in [-0.39, 0.29) is 35.8 Å². The molecule has 1 aromatic heterocycles. The van der Waals surface area contributed by atoms with Crippen molar-refractivity contribution in [3.63, 3.8) is 0 Å². The molecule has 4 rings (SSSR count). The number of ether oxygens (including phenoxy) is 1. The number of hydrogen-bond acceptors (Lipinski definition) is 6. The van der Waals surface area contributed by atoms with Crippen molar-refractivity contribution in [3.05, 3.63) is 89.1 Å². The van der Waals surface area contributed by atoms with Crippen LogP contribution in [0, 0.1) is 0 Å². The van der Waals surface area contributed by atoms with Crippen LogP contribution in [0.5, 0.6) is 17.2 Å². The topological polar surface area (TPSA) is 131 Å². The molecular weight excluding hydrogens is 484 g/mol. The molecule has 1 heterocycles. The van der Waals surface area contributed by atoms with Crippen LogP contribution in [0.2, 0.25) is 5.02 Å². The van der Waals surface area contributed by atoms with Crippen molar-refractivity contribution in [1.29, 1.82) is 0 Å². The highest BCUT2D eigenvalue weighted by Crippen LogP contribution is 2.37. The Hall–Kier alpha value is -4.50. The molecule has 0 aliphatic carbocycles. The number of carbonyl (C=O) groups is 2. The third-order valence-corrected chi connectivity index (χ3v) is 5.76. The molecule has 2 amide bonds. The first-order chi connectivity index (χ1) is 17.3. The number of para-hydroxylation sites is 2. The number of phenolic OH excluding ortho intramolecular Hbond substituents is 2. The zero-order chi connectivity index (χ0) is 25.8. The number of halogens is 1. The van der Waals surface area contributed by atoms with Crippen LogP contribution in [0.1, 0.15) is 15.9 Å². The van der Waals surface area contributed by atoms with E-state index in [4.69, 9.17) is 22.1 Å². The third kappa shape index (κ3) is 5.11. The van der Waals surface area contributed by atoms with Gasteiger partial charge in [-0.2, -0.15) is 5.10 Å². The van der Waals surface area contributed by atoms with E-state index in [0.717, 1.165) is 6.07 Å². The predicted molar refractivity (Wildman–Crippen MR) is 134 cm³/mol. The lowest BCUT2D eigenvalue weighted by atomic mass is 10.0. The van der Waals surface area contributed by atoms with Crippen molar-refractivity contribution in [1.82, 2.24) is 14.7 Å². The average Bonchev–Trinajstić information content (AvgIpc) is 3.32. The Morgan fingerprint density at radius 1 is 1.06 bits per heavy atom. The van der Waals surface area contributed by atoms with Crippen LogP contribution in [0.25, 0.3) is 16.9 Å². The number of nitrogens with two attached hydrogens (primary N) is 1. The van der Waals surface area contributed by atoms with Crippen molar-refractivity contribution in [2.45, 2.75) is 6.54 Å². The Labute approximate surface area is 211 Å². The number of primary amides is 1. The minimum atomic E-state index is -0.619. The first-order valence-corrected chi connectivity index (χ1v) is 11.2. The maximum atomic E-state index is 13.3. The van der Waals surface area contributed by atoms with Gasteiger partial charge in [0.2, 0.25) is 0 Å². The average molecular weight is 507 g/mol.